The van der Waals surface area contributed by atoms with E-state index in [0.717, 1.165) is 10.6 Å². The SMILES string of the molecule is CNc1cc(C(=O)NC(C)c2cccs2)cc(C)n1. The van der Waals surface area contributed by atoms with Crippen molar-refractivity contribution in [2.45, 2.75) is 19.9 Å². The van der Waals surface area contributed by atoms with Gasteiger partial charge in [0.1, 0.15) is 5.82 Å². The van der Waals surface area contributed by atoms with Crippen LogP contribution in [0.5, 0.6) is 0 Å². The number of hydrogen-bond donors (Lipinski definition) is 2. The van der Waals surface area contributed by atoms with Crippen LogP contribution in [-0.2, 0) is 0 Å². The number of pyridine rings is 1. The van der Waals surface area contributed by atoms with E-state index in [1.807, 2.05) is 31.4 Å². The van der Waals surface area contributed by atoms with Gasteiger partial charge in [-0.25, -0.2) is 4.98 Å². The van der Waals surface area contributed by atoms with Gasteiger partial charge in [-0.05, 0) is 37.4 Å². The predicted molar refractivity (Wildman–Crippen MR) is 78.7 cm³/mol. The second kappa shape index (κ2) is 5.84. The Morgan fingerprint density at radius 3 is 2.84 bits per heavy atom. The number of nitrogens with one attached hydrogen (secondary N) is 2. The Bertz CT molecular complexity index is 566. The third kappa shape index (κ3) is 3.32. The van der Waals surface area contributed by atoms with Crippen LogP contribution in [0.2, 0.25) is 0 Å². The molecule has 0 radical (unpaired) electrons. The van der Waals surface area contributed by atoms with Crippen LogP contribution in [0.3, 0.4) is 0 Å². The summed E-state index contributed by atoms with van der Waals surface area (Å²) in [6, 6.07) is 7.56. The molecule has 2 aromatic rings. The van der Waals surface area contributed by atoms with Gasteiger partial charge in [0, 0.05) is 23.2 Å². The maximum absolute atomic E-state index is 12.2. The maximum Gasteiger partial charge on any atom is 0.251 e. The highest BCUT2D eigenvalue weighted by Gasteiger charge is 2.13. The molecule has 0 aromatic carbocycles. The average molecular weight is 275 g/mol. The summed E-state index contributed by atoms with van der Waals surface area (Å²) in [6.45, 7) is 3.86. The Labute approximate surface area is 116 Å². The van der Waals surface area contributed by atoms with Crippen LogP contribution in [0.15, 0.2) is 29.6 Å². The van der Waals surface area contributed by atoms with Crippen LogP contribution in [0, 0.1) is 6.92 Å². The molecule has 2 heterocycles. The van der Waals surface area contributed by atoms with E-state index in [-0.39, 0.29) is 11.9 Å². The van der Waals surface area contributed by atoms with Gasteiger partial charge in [0.15, 0.2) is 0 Å². The van der Waals surface area contributed by atoms with Crippen molar-refractivity contribution in [2.75, 3.05) is 12.4 Å². The molecule has 0 aliphatic carbocycles. The zero-order valence-corrected chi connectivity index (χ0v) is 12.0. The average Bonchev–Trinajstić information content (AvgIpc) is 2.91. The summed E-state index contributed by atoms with van der Waals surface area (Å²) in [5, 5.41) is 7.96. The highest BCUT2D eigenvalue weighted by Crippen LogP contribution is 2.19. The van der Waals surface area contributed by atoms with E-state index in [9.17, 15) is 4.79 Å². The summed E-state index contributed by atoms with van der Waals surface area (Å²) in [7, 11) is 1.79. The second-order valence-electron chi connectivity index (χ2n) is 4.34. The van der Waals surface area contributed by atoms with Gasteiger partial charge in [0.05, 0.1) is 6.04 Å². The molecule has 0 saturated carbocycles. The molecule has 2 rings (SSSR count). The zero-order chi connectivity index (χ0) is 13.8. The highest BCUT2D eigenvalue weighted by molar-refractivity contribution is 7.10. The molecule has 19 heavy (non-hydrogen) atoms. The van der Waals surface area contributed by atoms with E-state index in [2.05, 4.69) is 15.6 Å². The van der Waals surface area contributed by atoms with Crippen molar-refractivity contribution in [3.05, 3.63) is 45.8 Å². The number of aryl methyl sites for hydroxylation is 1. The van der Waals surface area contributed by atoms with Crippen LogP contribution < -0.4 is 10.6 Å². The summed E-state index contributed by atoms with van der Waals surface area (Å²) in [4.78, 5) is 17.6. The first-order valence-corrected chi connectivity index (χ1v) is 6.99. The summed E-state index contributed by atoms with van der Waals surface area (Å²) in [6.07, 6.45) is 0. The lowest BCUT2D eigenvalue weighted by atomic mass is 10.2. The van der Waals surface area contributed by atoms with Crippen LogP contribution >= 0.6 is 11.3 Å². The summed E-state index contributed by atoms with van der Waals surface area (Å²) in [5.74, 6) is 0.622. The molecule has 100 valence electrons. The van der Waals surface area contributed by atoms with Gasteiger partial charge < -0.3 is 10.6 Å². The smallest absolute Gasteiger partial charge is 0.251 e. The van der Waals surface area contributed by atoms with Crippen LogP contribution in [-0.4, -0.2) is 17.9 Å². The molecule has 2 N–H and O–H groups in total. The van der Waals surface area contributed by atoms with E-state index in [1.54, 1.807) is 30.5 Å². The van der Waals surface area contributed by atoms with Gasteiger partial charge >= 0.3 is 0 Å². The van der Waals surface area contributed by atoms with E-state index < -0.39 is 0 Å². The van der Waals surface area contributed by atoms with Crippen LogP contribution in [0.25, 0.3) is 0 Å². The number of rotatable bonds is 4. The number of hydrogen-bond acceptors (Lipinski definition) is 4. The molecule has 0 aliphatic rings. The van der Waals surface area contributed by atoms with Crippen molar-refractivity contribution in [3.63, 3.8) is 0 Å². The number of carbonyl (C=O) groups excluding carboxylic acids is 1. The summed E-state index contributed by atoms with van der Waals surface area (Å²) < 4.78 is 0. The van der Waals surface area contributed by atoms with E-state index in [4.69, 9.17) is 0 Å². The van der Waals surface area contributed by atoms with Gasteiger partial charge in [-0.1, -0.05) is 6.07 Å². The molecule has 0 bridgehead atoms. The number of anilines is 1. The summed E-state index contributed by atoms with van der Waals surface area (Å²) >= 11 is 1.64. The molecular weight excluding hydrogens is 258 g/mol. The Balaban J connectivity index is 2.13. The fraction of sp³-hybridized carbons (Fsp3) is 0.286. The minimum Gasteiger partial charge on any atom is -0.373 e. The van der Waals surface area contributed by atoms with Crippen LogP contribution in [0.1, 0.15) is 33.9 Å². The monoisotopic (exact) mass is 275 g/mol. The Hall–Kier alpha value is -1.88. The lowest BCUT2D eigenvalue weighted by Crippen LogP contribution is -2.26. The predicted octanol–water partition coefficient (Wildman–Crippen LogP) is 2.98. The minimum atomic E-state index is -0.0806. The van der Waals surface area contributed by atoms with Gasteiger partial charge in [0.25, 0.3) is 5.91 Å². The van der Waals surface area contributed by atoms with Crippen molar-refractivity contribution in [3.8, 4) is 0 Å². The highest BCUT2D eigenvalue weighted by atomic mass is 32.1. The quantitative estimate of drug-likeness (QED) is 0.902. The first kappa shape index (κ1) is 13.5. The van der Waals surface area contributed by atoms with Crippen molar-refractivity contribution < 1.29 is 4.79 Å². The number of nitrogens with zero attached hydrogens (tertiary/aromatic N) is 1. The Morgan fingerprint density at radius 2 is 2.21 bits per heavy atom. The number of aromatic nitrogens is 1. The number of carbonyl (C=O) groups is 1. The van der Waals surface area contributed by atoms with Crippen molar-refractivity contribution in [1.29, 1.82) is 0 Å². The van der Waals surface area contributed by atoms with Crippen molar-refractivity contribution in [1.82, 2.24) is 10.3 Å². The minimum absolute atomic E-state index is 0.0130. The Kier molecular flexibility index (Phi) is 4.16. The van der Waals surface area contributed by atoms with Crippen molar-refractivity contribution >= 4 is 23.1 Å². The van der Waals surface area contributed by atoms with Gasteiger partial charge in [0.2, 0.25) is 0 Å². The molecule has 2 aromatic heterocycles. The fourth-order valence-electron chi connectivity index (χ4n) is 1.82. The zero-order valence-electron chi connectivity index (χ0n) is 11.2. The molecule has 4 nitrogen and oxygen atoms in total. The third-order valence-corrected chi connectivity index (χ3v) is 3.84. The fourth-order valence-corrected chi connectivity index (χ4v) is 2.55. The van der Waals surface area contributed by atoms with Gasteiger partial charge in [-0.15, -0.1) is 11.3 Å². The topological polar surface area (TPSA) is 54.0 Å². The molecule has 5 heteroatoms. The lowest BCUT2D eigenvalue weighted by molar-refractivity contribution is 0.0940. The number of thiophene rings is 1. The first-order chi connectivity index (χ1) is 9.10. The van der Waals surface area contributed by atoms with E-state index >= 15 is 0 Å². The van der Waals surface area contributed by atoms with Crippen LogP contribution in [0.4, 0.5) is 5.82 Å². The molecule has 0 fully saturated rings. The van der Waals surface area contributed by atoms with E-state index in [0.29, 0.717) is 11.4 Å². The van der Waals surface area contributed by atoms with Gasteiger partial charge in [-0.2, -0.15) is 0 Å². The lowest BCUT2D eigenvalue weighted by Gasteiger charge is -2.13. The third-order valence-electron chi connectivity index (χ3n) is 2.79. The standard InChI is InChI=1S/C14H17N3OS/c1-9-7-11(8-13(15-3)16-9)14(18)17-10(2)12-5-4-6-19-12/h4-8,10H,1-3H3,(H,15,16)(H,17,18). The van der Waals surface area contributed by atoms with Crippen molar-refractivity contribution in [2.24, 2.45) is 0 Å². The molecule has 0 saturated heterocycles. The largest absolute Gasteiger partial charge is 0.373 e. The first-order valence-electron chi connectivity index (χ1n) is 6.11. The normalized spacial score (nSPS) is 11.9. The maximum atomic E-state index is 12.2. The van der Waals surface area contributed by atoms with Gasteiger partial charge in [-0.3, -0.25) is 4.79 Å². The molecule has 1 atom stereocenters. The second-order valence-corrected chi connectivity index (χ2v) is 5.32. The molecule has 0 spiro atoms. The molecule has 1 amide bonds. The molecular formula is C14H17N3OS. The Morgan fingerprint density at radius 1 is 1.42 bits per heavy atom. The number of amides is 1. The molecule has 0 aliphatic heterocycles. The summed E-state index contributed by atoms with van der Waals surface area (Å²) in [5.41, 5.74) is 1.45. The molecule has 1 unspecified atom stereocenters. The van der Waals surface area contributed by atoms with E-state index in [1.165, 1.54) is 0 Å².